The van der Waals surface area contributed by atoms with Crippen LogP contribution in [0.3, 0.4) is 0 Å². The first-order valence-corrected chi connectivity index (χ1v) is 10.7. The lowest BCUT2D eigenvalue weighted by atomic mass is 10.1. The van der Waals surface area contributed by atoms with E-state index in [0.29, 0.717) is 12.2 Å². The lowest BCUT2D eigenvalue weighted by molar-refractivity contribution is 0.102. The third kappa shape index (κ3) is 4.18. The number of hydrogen-bond donors (Lipinski definition) is 1. The van der Waals surface area contributed by atoms with E-state index >= 15 is 0 Å². The summed E-state index contributed by atoms with van der Waals surface area (Å²) >= 11 is 1.48. The van der Waals surface area contributed by atoms with Crippen molar-refractivity contribution in [2.45, 2.75) is 33.6 Å². The van der Waals surface area contributed by atoms with Crippen LogP contribution in [0.2, 0.25) is 0 Å². The summed E-state index contributed by atoms with van der Waals surface area (Å²) < 4.78 is 7.39. The average molecular weight is 422 g/mol. The Morgan fingerprint density at radius 2 is 1.93 bits per heavy atom. The van der Waals surface area contributed by atoms with Gasteiger partial charge in [-0.15, -0.1) is 10.2 Å². The highest BCUT2D eigenvalue weighted by Gasteiger charge is 2.13. The summed E-state index contributed by atoms with van der Waals surface area (Å²) in [6.07, 6.45) is 2.10. The molecule has 0 atom stereocenters. The highest BCUT2D eigenvalue weighted by molar-refractivity contribution is 7.19. The summed E-state index contributed by atoms with van der Waals surface area (Å²) in [5, 5.41) is 16.5. The number of hydrogen-bond acceptors (Lipinski definition) is 6. The molecule has 1 amide bonds. The van der Waals surface area contributed by atoms with Gasteiger partial charge in [0.1, 0.15) is 10.8 Å². The van der Waals surface area contributed by atoms with Gasteiger partial charge in [-0.1, -0.05) is 24.7 Å². The van der Waals surface area contributed by atoms with Crippen molar-refractivity contribution in [3.63, 3.8) is 0 Å². The lowest BCUT2D eigenvalue weighted by Gasteiger charge is -2.10. The van der Waals surface area contributed by atoms with Crippen LogP contribution in [0.1, 0.15) is 41.5 Å². The quantitative estimate of drug-likeness (QED) is 0.429. The SMILES string of the molecule is CCCCOc1ccc(C(=O)Nc2ccc(-c3nn4c(C)nnc4s3)cc2C)cc1. The van der Waals surface area contributed by atoms with Gasteiger partial charge in [0, 0.05) is 16.8 Å². The van der Waals surface area contributed by atoms with E-state index in [9.17, 15) is 4.79 Å². The molecule has 1 N–H and O–H groups in total. The number of nitrogens with one attached hydrogen (secondary N) is 1. The summed E-state index contributed by atoms with van der Waals surface area (Å²) in [6.45, 7) is 6.65. The first-order chi connectivity index (χ1) is 14.5. The molecule has 30 heavy (non-hydrogen) atoms. The molecule has 0 bridgehead atoms. The zero-order chi connectivity index (χ0) is 21.1. The molecule has 2 heterocycles. The zero-order valence-electron chi connectivity index (χ0n) is 17.2. The highest BCUT2D eigenvalue weighted by atomic mass is 32.1. The van der Waals surface area contributed by atoms with E-state index in [-0.39, 0.29) is 5.91 Å². The summed E-state index contributed by atoms with van der Waals surface area (Å²) in [5.74, 6) is 1.39. The molecular weight excluding hydrogens is 398 g/mol. The van der Waals surface area contributed by atoms with Crippen molar-refractivity contribution in [2.75, 3.05) is 11.9 Å². The Bertz CT molecular complexity index is 1180. The van der Waals surface area contributed by atoms with E-state index in [2.05, 4.69) is 27.5 Å². The van der Waals surface area contributed by atoms with Crippen molar-refractivity contribution in [1.82, 2.24) is 19.8 Å². The molecule has 2 aromatic heterocycles. The minimum atomic E-state index is -0.152. The summed E-state index contributed by atoms with van der Waals surface area (Å²) in [4.78, 5) is 13.4. The fourth-order valence-corrected chi connectivity index (χ4v) is 3.88. The smallest absolute Gasteiger partial charge is 0.255 e. The third-order valence-corrected chi connectivity index (χ3v) is 5.70. The first-order valence-electron chi connectivity index (χ1n) is 9.89. The van der Waals surface area contributed by atoms with Gasteiger partial charge < -0.3 is 10.1 Å². The third-order valence-electron chi connectivity index (χ3n) is 4.75. The molecule has 0 aliphatic rings. The molecule has 0 saturated carbocycles. The highest BCUT2D eigenvalue weighted by Crippen LogP contribution is 2.29. The number of carbonyl (C=O) groups is 1. The number of ether oxygens (including phenoxy) is 1. The van der Waals surface area contributed by atoms with Gasteiger partial charge in [-0.3, -0.25) is 4.79 Å². The van der Waals surface area contributed by atoms with Crippen molar-refractivity contribution in [3.8, 4) is 16.3 Å². The second kappa shape index (κ2) is 8.62. The van der Waals surface area contributed by atoms with Crippen molar-refractivity contribution in [3.05, 3.63) is 59.4 Å². The Morgan fingerprint density at radius 3 is 2.63 bits per heavy atom. The summed E-state index contributed by atoms with van der Waals surface area (Å²) in [6, 6.07) is 13.1. The van der Waals surface area contributed by atoms with Crippen molar-refractivity contribution in [1.29, 1.82) is 0 Å². The minimum Gasteiger partial charge on any atom is -0.494 e. The molecule has 8 heteroatoms. The van der Waals surface area contributed by atoms with Crippen molar-refractivity contribution < 1.29 is 9.53 Å². The number of aryl methyl sites for hydroxylation is 2. The number of carbonyl (C=O) groups excluding carboxylic acids is 1. The van der Waals surface area contributed by atoms with Crippen LogP contribution in [0.25, 0.3) is 15.5 Å². The molecule has 2 aromatic carbocycles. The Kier molecular flexibility index (Phi) is 5.76. The molecular formula is C22H23N5O2S. The fourth-order valence-electron chi connectivity index (χ4n) is 3.00. The van der Waals surface area contributed by atoms with Crippen LogP contribution in [0, 0.1) is 13.8 Å². The van der Waals surface area contributed by atoms with Crippen molar-refractivity contribution in [2.24, 2.45) is 0 Å². The van der Waals surface area contributed by atoms with Gasteiger partial charge in [0.2, 0.25) is 4.96 Å². The van der Waals surface area contributed by atoms with Gasteiger partial charge in [-0.2, -0.15) is 9.61 Å². The minimum absolute atomic E-state index is 0.152. The Hall–Kier alpha value is -3.26. The molecule has 0 saturated heterocycles. The topological polar surface area (TPSA) is 81.4 Å². The molecule has 154 valence electrons. The predicted octanol–water partition coefficient (Wildman–Crippen LogP) is 4.90. The van der Waals surface area contributed by atoms with Gasteiger partial charge in [0.05, 0.1) is 6.61 Å². The van der Waals surface area contributed by atoms with Gasteiger partial charge >= 0.3 is 0 Å². The number of fused-ring (bicyclic) bond motifs is 1. The molecule has 0 aliphatic carbocycles. The number of amides is 1. The Balaban J connectivity index is 1.46. The van der Waals surface area contributed by atoms with Crippen LogP contribution in [-0.4, -0.2) is 32.3 Å². The molecule has 0 fully saturated rings. The number of nitrogens with zero attached hydrogens (tertiary/aromatic N) is 4. The van der Waals surface area contributed by atoms with Gasteiger partial charge in [-0.25, -0.2) is 0 Å². The van der Waals surface area contributed by atoms with Crippen LogP contribution >= 0.6 is 11.3 Å². The molecule has 0 aliphatic heterocycles. The number of aromatic nitrogens is 4. The fraction of sp³-hybridized carbons (Fsp3) is 0.273. The monoisotopic (exact) mass is 421 g/mol. The molecule has 0 radical (unpaired) electrons. The largest absolute Gasteiger partial charge is 0.494 e. The Morgan fingerprint density at radius 1 is 1.13 bits per heavy atom. The van der Waals surface area contributed by atoms with E-state index in [0.717, 1.165) is 51.2 Å². The standard InChI is InChI=1S/C22H23N5O2S/c1-4-5-12-29-18-9-6-16(7-10-18)20(28)23-19-11-8-17(13-14(19)2)21-26-27-15(3)24-25-22(27)30-21/h6-11,13H,4-5,12H2,1-3H3,(H,23,28). The second-order valence-electron chi connectivity index (χ2n) is 7.06. The second-order valence-corrected chi connectivity index (χ2v) is 8.01. The van der Waals surface area contributed by atoms with Gasteiger partial charge in [0.25, 0.3) is 5.91 Å². The maximum atomic E-state index is 12.6. The van der Waals surface area contributed by atoms with Crippen LogP contribution in [0.5, 0.6) is 5.75 Å². The predicted molar refractivity (Wildman–Crippen MR) is 118 cm³/mol. The molecule has 7 nitrogen and oxygen atoms in total. The van der Waals surface area contributed by atoms with E-state index in [1.807, 2.05) is 44.2 Å². The van der Waals surface area contributed by atoms with Gasteiger partial charge in [0.15, 0.2) is 5.82 Å². The van der Waals surface area contributed by atoms with E-state index in [1.165, 1.54) is 11.3 Å². The molecule has 4 rings (SSSR count). The van der Waals surface area contributed by atoms with Crippen LogP contribution in [0.4, 0.5) is 5.69 Å². The lowest BCUT2D eigenvalue weighted by Crippen LogP contribution is -2.12. The van der Waals surface area contributed by atoms with Crippen molar-refractivity contribution >= 4 is 27.9 Å². The van der Waals surface area contributed by atoms with Crippen LogP contribution in [-0.2, 0) is 0 Å². The van der Waals surface area contributed by atoms with Crippen LogP contribution in [0.15, 0.2) is 42.5 Å². The number of rotatable bonds is 7. The zero-order valence-corrected chi connectivity index (χ0v) is 18.0. The molecule has 0 unspecified atom stereocenters. The molecule has 4 aromatic rings. The van der Waals surface area contributed by atoms with Gasteiger partial charge in [-0.05, 0) is 68.3 Å². The summed E-state index contributed by atoms with van der Waals surface area (Å²) in [7, 11) is 0. The number of benzene rings is 2. The Labute approximate surface area is 178 Å². The van der Waals surface area contributed by atoms with E-state index in [4.69, 9.17) is 4.74 Å². The maximum absolute atomic E-state index is 12.6. The van der Waals surface area contributed by atoms with E-state index in [1.54, 1.807) is 16.6 Å². The normalized spacial score (nSPS) is 11.0. The number of anilines is 1. The average Bonchev–Trinajstić information content (AvgIpc) is 3.32. The van der Waals surface area contributed by atoms with Crippen LogP contribution < -0.4 is 10.1 Å². The first kappa shape index (κ1) is 20.0. The number of unbranched alkanes of at least 4 members (excludes halogenated alkanes) is 1. The summed E-state index contributed by atoms with van der Waals surface area (Å²) in [5.41, 5.74) is 3.30. The maximum Gasteiger partial charge on any atom is 0.255 e. The molecule has 0 spiro atoms. The van der Waals surface area contributed by atoms with E-state index < -0.39 is 0 Å².